The first kappa shape index (κ1) is 43.9. The van der Waals surface area contributed by atoms with Crippen molar-refractivity contribution in [1.29, 1.82) is 0 Å². The number of hydrogen-bond acceptors (Lipinski definition) is 10. The van der Waals surface area contributed by atoms with Crippen LogP contribution in [-0.4, -0.2) is 73.8 Å². The minimum Gasteiger partial charge on any atom is -0.438 e. The summed E-state index contributed by atoms with van der Waals surface area (Å²) < 4.78 is 35.1. The van der Waals surface area contributed by atoms with E-state index >= 15 is 0 Å². The Labute approximate surface area is 303 Å². The van der Waals surface area contributed by atoms with Crippen molar-refractivity contribution in [3.8, 4) is 0 Å². The van der Waals surface area contributed by atoms with Crippen molar-refractivity contribution in [3.05, 3.63) is 29.8 Å². The number of benzene rings is 1. The fourth-order valence-corrected chi connectivity index (χ4v) is 6.77. The second-order valence-electron chi connectivity index (χ2n) is 15.4. The van der Waals surface area contributed by atoms with E-state index in [4.69, 9.17) is 18.5 Å². The monoisotopic (exact) mass is 737 g/mol. The van der Waals surface area contributed by atoms with Gasteiger partial charge in [0.25, 0.3) is 0 Å². The van der Waals surface area contributed by atoms with Gasteiger partial charge in [0, 0.05) is 26.9 Å². The Kier molecular flexibility index (Phi) is 17.3. The number of ether oxygens (including phenoxy) is 2. The van der Waals surface area contributed by atoms with Crippen molar-refractivity contribution in [3.63, 3.8) is 0 Å². The molecule has 14 heteroatoms. The van der Waals surface area contributed by atoms with Crippen LogP contribution in [0.4, 0.5) is 0 Å². The predicted octanol–water partition coefficient (Wildman–Crippen LogP) is 5.39. The number of nitrogens with zero attached hydrogens (tertiary/aromatic N) is 1. The van der Waals surface area contributed by atoms with E-state index in [0.29, 0.717) is 18.5 Å². The van der Waals surface area contributed by atoms with E-state index in [1.165, 1.54) is 51.2 Å². The lowest BCUT2D eigenvalue weighted by Crippen LogP contribution is -2.54. The summed E-state index contributed by atoms with van der Waals surface area (Å²) in [5.74, 6) is -1.56. The van der Waals surface area contributed by atoms with Crippen LogP contribution in [0.1, 0.15) is 112 Å². The summed E-state index contributed by atoms with van der Waals surface area (Å²) in [7, 11) is -2.44. The highest BCUT2D eigenvalue weighted by molar-refractivity contribution is 7.62. The first-order valence-electron chi connectivity index (χ1n) is 17.9. The molecular weight excluding hydrogens is 677 g/mol. The molecule has 1 aromatic carbocycles. The summed E-state index contributed by atoms with van der Waals surface area (Å²) in [5.41, 5.74) is -1.07. The molecule has 1 aliphatic carbocycles. The van der Waals surface area contributed by atoms with Crippen molar-refractivity contribution in [2.24, 2.45) is 16.7 Å². The summed E-state index contributed by atoms with van der Waals surface area (Å²) in [4.78, 5) is 65.0. The molecule has 0 saturated heterocycles. The maximum absolute atomic E-state index is 13.9. The van der Waals surface area contributed by atoms with Crippen LogP contribution in [0.25, 0.3) is 0 Å². The highest BCUT2D eigenvalue weighted by Crippen LogP contribution is 2.47. The first-order chi connectivity index (χ1) is 23.8. The van der Waals surface area contributed by atoms with Gasteiger partial charge in [-0.05, 0) is 84.4 Å². The predicted molar refractivity (Wildman–Crippen MR) is 194 cm³/mol. The summed E-state index contributed by atoms with van der Waals surface area (Å²) in [5, 5.41) is 5.56. The Hall–Kier alpha value is -3.28. The average molecular weight is 738 g/mol. The van der Waals surface area contributed by atoms with Gasteiger partial charge in [0.2, 0.25) is 31.3 Å². The third-order valence-electron chi connectivity index (χ3n) is 8.67. The van der Waals surface area contributed by atoms with Crippen molar-refractivity contribution in [2.45, 2.75) is 125 Å². The Morgan fingerprint density at radius 2 is 1.37 bits per heavy atom. The Morgan fingerprint density at radius 1 is 0.843 bits per heavy atom. The lowest BCUT2D eigenvalue weighted by molar-refractivity contribution is -0.161. The largest absolute Gasteiger partial charge is 0.438 e. The van der Waals surface area contributed by atoms with Gasteiger partial charge in [-0.2, -0.15) is 0 Å². The normalized spacial score (nSPS) is 15.3. The zero-order valence-electron chi connectivity index (χ0n) is 32.0. The smallest absolute Gasteiger partial charge is 0.367 e. The molecule has 288 valence electrons. The molecule has 0 radical (unpaired) electrons. The van der Waals surface area contributed by atoms with Gasteiger partial charge in [-0.3, -0.25) is 37.6 Å². The van der Waals surface area contributed by atoms with E-state index in [9.17, 15) is 28.5 Å². The molecule has 0 spiro atoms. The molecule has 2 atom stereocenters. The van der Waals surface area contributed by atoms with Gasteiger partial charge in [-0.1, -0.05) is 51.2 Å². The molecule has 1 fully saturated rings. The number of likely N-dealkylation sites (N-methyl/N-ethyl adjacent to an activating group) is 1. The van der Waals surface area contributed by atoms with E-state index in [1.807, 2.05) is 6.92 Å². The molecule has 0 aromatic heterocycles. The number of nitrogens with one attached hydrogen (secondary N) is 2. The van der Waals surface area contributed by atoms with Crippen LogP contribution in [-0.2, 0) is 53.5 Å². The molecule has 13 nitrogen and oxygen atoms in total. The molecule has 51 heavy (non-hydrogen) atoms. The van der Waals surface area contributed by atoms with E-state index in [-0.39, 0.29) is 17.6 Å². The average Bonchev–Trinajstić information content (AvgIpc) is 3.06. The van der Waals surface area contributed by atoms with Crippen LogP contribution in [0.3, 0.4) is 0 Å². The maximum atomic E-state index is 13.9. The molecule has 0 aliphatic heterocycles. The molecule has 0 bridgehead atoms. The quantitative estimate of drug-likeness (QED) is 0.113. The number of hydrogen-bond donors (Lipinski definition) is 2. The molecule has 0 heterocycles. The summed E-state index contributed by atoms with van der Waals surface area (Å²) >= 11 is 0. The SMILES string of the molecule is CC[C@H](NC(=O)[C@H](Cc1ccc(P(=O)(OCOC(=O)C(C)(C)C)OCOC(=O)C(C)(C)C)cc1)NC(C)=O)C(=O)N(C)CCCC1CCCCC1. The molecular formula is C37H60N3O10P. The maximum Gasteiger partial charge on any atom is 0.367 e. The Balaban J connectivity index is 2.13. The van der Waals surface area contributed by atoms with E-state index in [2.05, 4.69) is 10.6 Å². The molecule has 3 amide bonds. The van der Waals surface area contributed by atoms with Gasteiger partial charge in [0.15, 0.2) is 0 Å². The second-order valence-corrected chi connectivity index (χ2v) is 17.4. The van der Waals surface area contributed by atoms with Crippen LogP contribution in [0, 0.1) is 16.7 Å². The van der Waals surface area contributed by atoms with E-state index in [1.54, 1.807) is 65.6 Å². The fraction of sp³-hybridized carbons (Fsp3) is 0.703. The molecule has 1 aliphatic rings. The topological polar surface area (TPSA) is 167 Å². The lowest BCUT2D eigenvalue weighted by Gasteiger charge is -2.27. The molecule has 2 rings (SSSR count). The lowest BCUT2D eigenvalue weighted by atomic mass is 9.86. The highest BCUT2D eigenvalue weighted by Gasteiger charge is 2.33. The first-order valence-corrected chi connectivity index (χ1v) is 19.5. The van der Waals surface area contributed by atoms with Crippen LogP contribution >= 0.6 is 7.60 Å². The number of rotatable bonds is 18. The Morgan fingerprint density at radius 3 is 1.84 bits per heavy atom. The van der Waals surface area contributed by atoms with Gasteiger partial charge in [0.1, 0.15) is 12.1 Å². The summed E-state index contributed by atoms with van der Waals surface area (Å²) in [6.45, 7) is 12.3. The number of esters is 2. The minimum absolute atomic E-state index is 0.0615. The second kappa shape index (κ2) is 20.1. The molecule has 1 saturated carbocycles. The standard InChI is InChI=1S/C37H60N3O10P/c1-10-30(33(43)40(9)22-14-17-27-15-12-11-13-16-27)39-32(42)31(38-26(2)41)23-28-18-20-29(21-19-28)51(46,49-24-47-34(44)36(3,4)5)50-25-48-35(45)37(6,7)8/h18-21,27,30-31H,10-17,22-25H2,1-9H3,(H,38,41)(H,39,42)/t30-,31-/m0/s1. The third kappa shape index (κ3) is 15.1. The zero-order chi connectivity index (χ0) is 38.4. The van der Waals surface area contributed by atoms with Crippen molar-refractivity contribution < 1.29 is 47.1 Å². The number of amides is 3. The van der Waals surface area contributed by atoms with Crippen LogP contribution in [0.5, 0.6) is 0 Å². The van der Waals surface area contributed by atoms with Gasteiger partial charge in [0.05, 0.1) is 16.1 Å². The molecule has 0 unspecified atom stereocenters. The minimum atomic E-state index is -4.19. The van der Waals surface area contributed by atoms with Gasteiger partial charge < -0.3 is 25.0 Å². The highest BCUT2D eigenvalue weighted by atomic mass is 31.2. The van der Waals surface area contributed by atoms with E-state index < -0.39 is 67.8 Å². The van der Waals surface area contributed by atoms with Crippen molar-refractivity contribution in [2.75, 3.05) is 27.2 Å². The number of carbonyl (C=O) groups excluding carboxylic acids is 5. The zero-order valence-corrected chi connectivity index (χ0v) is 32.9. The number of carbonyl (C=O) groups is 5. The Bertz CT molecular complexity index is 1330. The summed E-state index contributed by atoms with van der Waals surface area (Å²) in [6, 6.07) is 4.33. The van der Waals surface area contributed by atoms with E-state index in [0.717, 1.165) is 18.8 Å². The molecule has 1 aromatic rings. The van der Waals surface area contributed by atoms with Gasteiger partial charge in [-0.15, -0.1) is 0 Å². The van der Waals surface area contributed by atoms with Gasteiger partial charge in [-0.25, -0.2) is 0 Å². The van der Waals surface area contributed by atoms with Crippen LogP contribution in [0.15, 0.2) is 24.3 Å². The summed E-state index contributed by atoms with van der Waals surface area (Å²) in [6.07, 6.45) is 8.81. The van der Waals surface area contributed by atoms with Crippen molar-refractivity contribution in [1.82, 2.24) is 15.5 Å². The fourth-order valence-electron chi connectivity index (χ4n) is 5.50. The van der Waals surface area contributed by atoms with Crippen LogP contribution < -0.4 is 15.9 Å². The van der Waals surface area contributed by atoms with Gasteiger partial charge >= 0.3 is 19.5 Å². The van der Waals surface area contributed by atoms with Crippen LogP contribution in [0.2, 0.25) is 0 Å². The third-order valence-corrected chi connectivity index (χ3v) is 10.5. The van der Waals surface area contributed by atoms with Crippen molar-refractivity contribution >= 4 is 42.6 Å². The molecule has 2 N–H and O–H groups in total.